The van der Waals surface area contributed by atoms with Crippen molar-refractivity contribution >= 4 is 35.9 Å². The number of nitrogens with one attached hydrogen (secondary N) is 2. The molecule has 0 aromatic carbocycles. The van der Waals surface area contributed by atoms with Crippen molar-refractivity contribution in [1.82, 2.24) is 20.1 Å². The Morgan fingerprint density at radius 2 is 2.00 bits per heavy atom. The maximum absolute atomic E-state index is 12.8. The molecule has 5 rings (SSSR count). The molecule has 1 aliphatic carbocycles. The average molecular weight is 475 g/mol. The summed E-state index contributed by atoms with van der Waals surface area (Å²) in [5.41, 5.74) is 5.33. The van der Waals surface area contributed by atoms with Crippen molar-refractivity contribution in [2.45, 2.75) is 19.9 Å². The van der Waals surface area contributed by atoms with Crippen molar-refractivity contribution in [2.24, 2.45) is 5.92 Å². The van der Waals surface area contributed by atoms with Crippen LogP contribution in [-0.4, -0.2) is 72.1 Å². The molecule has 2 N–H and O–H groups in total. The van der Waals surface area contributed by atoms with Gasteiger partial charge in [0.25, 0.3) is 11.8 Å². The Morgan fingerprint density at radius 1 is 1.21 bits per heavy atom. The number of rotatable bonds is 5. The Kier molecular flexibility index (Phi) is 6.73. The van der Waals surface area contributed by atoms with Crippen molar-refractivity contribution in [3.05, 3.63) is 52.5 Å². The number of allylic oxidation sites excluding steroid dienone is 2. The van der Waals surface area contributed by atoms with E-state index in [1.165, 1.54) is 5.56 Å². The van der Waals surface area contributed by atoms with Crippen LogP contribution in [0.25, 0.3) is 5.57 Å². The first-order valence-corrected chi connectivity index (χ1v) is 10.9. The molecule has 2 saturated heterocycles. The number of morpholine rings is 1. The van der Waals surface area contributed by atoms with Crippen LogP contribution in [0.5, 0.6) is 0 Å². The van der Waals surface area contributed by atoms with Gasteiger partial charge in [-0.2, -0.15) is 0 Å². The molecule has 176 valence electrons. The van der Waals surface area contributed by atoms with E-state index < -0.39 is 6.09 Å². The molecule has 1 aromatic heterocycles. The monoisotopic (exact) mass is 474 g/mol. The van der Waals surface area contributed by atoms with E-state index in [1.54, 1.807) is 0 Å². The second-order valence-electron chi connectivity index (χ2n) is 8.54. The van der Waals surface area contributed by atoms with Crippen LogP contribution in [0.2, 0.25) is 0 Å². The molecule has 4 aliphatic rings. The normalized spacial score (nSPS) is 24.6. The first-order valence-electron chi connectivity index (χ1n) is 10.9. The van der Waals surface area contributed by atoms with E-state index in [0.29, 0.717) is 12.0 Å². The Balaban J connectivity index is 0.00000259. The van der Waals surface area contributed by atoms with Gasteiger partial charge in [0.2, 0.25) is 0 Å². The van der Waals surface area contributed by atoms with Crippen molar-refractivity contribution in [3.63, 3.8) is 0 Å². The number of imide groups is 1. The lowest BCUT2D eigenvalue weighted by Gasteiger charge is -2.26. The van der Waals surface area contributed by atoms with E-state index in [1.807, 2.05) is 25.3 Å². The fraction of sp³-hybridized carbons (Fsp3) is 0.435. The smallest absolute Gasteiger partial charge is 0.417 e. The van der Waals surface area contributed by atoms with Crippen molar-refractivity contribution in [1.29, 1.82) is 0 Å². The van der Waals surface area contributed by atoms with Crippen LogP contribution in [0.4, 0.5) is 4.79 Å². The van der Waals surface area contributed by atoms with E-state index in [2.05, 4.69) is 21.3 Å². The third-order valence-electron chi connectivity index (χ3n) is 6.39. The fourth-order valence-corrected chi connectivity index (χ4v) is 4.66. The van der Waals surface area contributed by atoms with E-state index in [4.69, 9.17) is 9.47 Å². The van der Waals surface area contributed by atoms with Crippen LogP contribution in [0, 0.1) is 5.92 Å². The fourth-order valence-electron chi connectivity index (χ4n) is 4.66. The van der Waals surface area contributed by atoms with Crippen LogP contribution in [0.15, 0.2) is 41.3 Å². The minimum atomic E-state index is -0.602. The van der Waals surface area contributed by atoms with Crippen LogP contribution < -0.4 is 5.32 Å². The third kappa shape index (κ3) is 4.62. The summed E-state index contributed by atoms with van der Waals surface area (Å²) in [5.74, 6) is -0.520. The first-order chi connectivity index (χ1) is 15.5. The summed E-state index contributed by atoms with van der Waals surface area (Å²) in [6.45, 7) is 6.18. The maximum Gasteiger partial charge on any atom is 0.417 e. The molecule has 0 saturated carbocycles. The highest BCUT2D eigenvalue weighted by atomic mass is 35.5. The maximum atomic E-state index is 12.8. The molecule has 9 nitrogen and oxygen atoms in total. The quantitative estimate of drug-likeness (QED) is 0.632. The molecule has 33 heavy (non-hydrogen) atoms. The van der Waals surface area contributed by atoms with Gasteiger partial charge in [-0.25, -0.2) is 9.69 Å². The Labute approximate surface area is 197 Å². The molecule has 1 atom stereocenters. The highest BCUT2D eigenvalue weighted by Gasteiger charge is 2.36. The topological polar surface area (TPSA) is 104 Å². The van der Waals surface area contributed by atoms with Gasteiger partial charge in [-0.1, -0.05) is 6.08 Å². The molecule has 1 aromatic rings. The number of hydrogen-bond donors (Lipinski definition) is 2. The average Bonchev–Trinajstić information content (AvgIpc) is 3.47. The van der Waals surface area contributed by atoms with E-state index in [0.717, 1.165) is 60.3 Å². The van der Waals surface area contributed by atoms with Gasteiger partial charge in [-0.05, 0) is 48.1 Å². The lowest BCUT2D eigenvalue weighted by atomic mass is 9.87. The molecule has 0 radical (unpaired) electrons. The minimum Gasteiger partial charge on any atom is -0.439 e. The van der Waals surface area contributed by atoms with Gasteiger partial charge in [0.1, 0.15) is 0 Å². The van der Waals surface area contributed by atoms with Crippen LogP contribution >= 0.6 is 12.4 Å². The highest BCUT2D eigenvalue weighted by Crippen LogP contribution is 2.37. The Morgan fingerprint density at radius 3 is 2.73 bits per heavy atom. The number of aromatic amines is 1. The number of ether oxygens (including phenoxy) is 2. The van der Waals surface area contributed by atoms with E-state index in [-0.39, 0.29) is 43.3 Å². The second kappa shape index (κ2) is 9.54. The zero-order valence-electron chi connectivity index (χ0n) is 18.4. The number of cyclic esters (lactones) is 1. The number of carbonyl (C=O) groups excluding carboxylic acids is 3. The summed E-state index contributed by atoms with van der Waals surface area (Å²) in [5, 5.41) is 2.95. The number of nitrogens with zero attached hydrogens (tertiary/aromatic N) is 2. The van der Waals surface area contributed by atoms with Crippen molar-refractivity contribution in [2.75, 3.05) is 39.5 Å². The zero-order valence-corrected chi connectivity index (χ0v) is 19.2. The van der Waals surface area contributed by atoms with Gasteiger partial charge in [0, 0.05) is 49.3 Å². The zero-order chi connectivity index (χ0) is 22.2. The summed E-state index contributed by atoms with van der Waals surface area (Å²) in [6, 6.07) is 2.10. The molecular weight excluding hydrogens is 448 g/mol. The molecule has 0 spiro atoms. The number of carbonyl (C=O) groups is 3. The van der Waals surface area contributed by atoms with Gasteiger partial charge in [-0.15, -0.1) is 12.4 Å². The highest BCUT2D eigenvalue weighted by molar-refractivity contribution is 6.09. The Hall–Kier alpha value is -2.88. The summed E-state index contributed by atoms with van der Waals surface area (Å²) in [7, 11) is 0. The molecule has 3 aliphatic heterocycles. The first kappa shape index (κ1) is 23.3. The predicted molar refractivity (Wildman–Crippen MR) is 122 cm³/mol. The summed E-state index contributed by atoms with van der Waals surface area (Å²) in [4.78, 5) is 43.3. The van der Waals surface area contributed by atoms with Gasteiger partial charge in [0.15, 0.2) is 6.61 Å². The SMILES string of the molecule is CC(=C1C(=O)NC2=C1CC(CN1C(=O)COC1=O)C=C2)c1cc(CN2CCOCC2)c[nH]1.Cl. The summed E-state index contributed by atoms with van der Waals surface area (Å²) >= 11 is 0. The van der Waals surface area contributed by atoms with Crippen LogP contribution in [-0.2, 0) is 25.6 Å². The van der Waals surface area contributed by atoms with Crippen LogP contribution in [0.1, 0.15) is 24.6 Å². The molecule has 2 fully saturated rings. The predicted octanol–water partition coefficient (Wildman–Crippen LogP) is 1.98. The number of aromatic nitrogens is 1. The standard InChI is InChI=1S/C23H26N4O5.ClH/c1-14(19-9-16(10-24-19)11-26-4-6-31-7-5-26)21-17-8-15(2-3-18(17)25-22(21)29)12-27-20(28)13-32-23(27)30;/h2-3,9-10,15,24H,4-8,11-13H2,1H3,(H,25,29);1H. The van der Waals surface area contributed by atoms with Crippen molar-refractivity contribution in [3.8, 4) is 0 Å². The second-order valence-corrected chi connectivity index (χ2v) is 8.54. The molecule has 3 amide bonds. The number of amides is 3. The van der Waals surface area contributed by atoms with Crippen LogP contribution in [0.3, 0.4) is 0 Å². The minimum absolute atomic E-state index is 0. The molecular formula is C23H27ClN4O5. The van der Waals surface area contributed by atoms with Gasteiger partial charge >= 0.3 is 6.09 Å². The number of H-pyrrole nitrogens is 1. The van der Waals surface area contributed by atoms with Gasteiger partial charge in [0.05, 0.1) is 13.2 Å². The summed E-state index contributed by atoms with van der Waals surface area (Å²) in [6.07, 6.45) is 5.76. The largest absolute Gasteiger partial charge is 0.439 e. The molecule has 0 bridgehead atoms. The lowest BCUT2D eigenvalue weighted by Crippen LogP contribution is -2.35. The van der Waals surface area contributed by atoms with Gasteiger partial charge in [-0.3, -0.25) is 14.5 Å². The van der Waals surface area contributed by atoms with E-state index in [9.17, 15) is 14.4 Å². The lowest BCUT2D eigenvalue weighted by molar-refractivity contribution is -0.126. The Bertz CT molecular complexity index is 1050. The molecule has 10 heteroatoms. The number of halogens is 1. The van der Waals surface area contributed by atoms with Crippen molar-refractivity contribution < 1.29 is 23.9 Å². The number of hydrogen-bond acceptors (Lipinski definition) is 6. The third-order valence-corrected chi connectivity index (χ3v) is 6.39. The van der Waals surface area contributed by atoms with Gasteiger partial charge < -0.3 is 19.8 Å². The molecule has 1 unspecified atom stereocenters. The molecule has 4 heterocycles. The summed E-state index contributed by atoms with van der Waals surface area (Å²) < 4.78 is 10.2. The van der Waals surface area contributed by atoms with E-state index >= 15 is 0 Å².